The molecule has 1 N–H and O–H groups in total. The molecule has 0 aliphatic carbocycles. The number of anilines is 1. The van der Waals surface area contributed by atoms with E-state index in [4.69, 9.17) is 16.3 Å². The lowest BCUT2D eigenvalue weighted by Gasteiger charge is -2.11. The molecule has 0 saturated heterocycles. The highest BCUT2D eigenvalue weighted by Crippen LogP contribution is 2.30. The van der Waals surface area contributed by atoms with Gasteiger partial charge in [-0.05, 0) is 37.3 Å². The van der Waals surface area contributed by atoms with Gasteiger partial charge in [0.1, 0.15) is 5.75 Å². The summed E-state index contributed by atoms with van der Waals surface area (Å²) in [4.78, 5) is 16.4. The first-order chi connectivity index (χ1) is 13.2. The normalized spacial score (nSPS) is 11.4. The maximum Gasteiger partial charge on any atom is 0.417 e. The molecule has 0 bridgehead atoms. The molecule has 0 spiro atoms. The van der Waals surface area contributed by atoms with Crippen LogP contribution in [-0.4, -0.2) is 27.8 Å². The summed E-state index contributed by atoms with van der Waals surface area (Å²) < 4.78 is 44.5. The minimum Gasteiger partial charge on any atom is -0.495 e. The third-order valence-corrected chi connectivity index (χ3v) is 4.19. The van der Waals surface area contributed by atoms with Crippen LogP contribution in [0.4, 0.5) is 18.9 Å². The fraction of sp³-hybridized carbons (Fsp3) is 0.167. The van der Waals surface area contributed by atoms with Gasteiger partial charge in [0, 0.05) is 11.2 Å². The van der Waals surface area contributed by atoms with Crippen molar-refractivity contribution in [2.24, 2.45) is 0 Å². The summed E-state index contributed by atoms with van der Waals surface area (Å²) in [5, 5.41) is 7.15. The van der Waals surface area contributed by atoms with Crippen molar-refractivity contribution in [1.29, 1.82) is 0 Å². The Bertz CT molecular complexity index is 1020. The third kappa shape index (κ3) is 3.94. The van der Waals surface area contributed by atoms with Crippen LogP contribution >= 0.6 is 11.6 Å². The summed E-state index contributed by atoms with van der Waals surface area (Å²) in [7, 11) is 1.46. The predicted molar refractivity (Wildman–Crippen MR) is 97.1 cm³/mol. The van der Waals surface area contributed by atoms with Gasteiger partial charge < -0.3 is 10.1 Å². The standard InChI is InChI=1S/C18H14ClF3N4O2/c1-10-13(17(27)25-14-7-12(19)4-5-15(14)28-2)9-24-26(10)16-6-3-11(8-23-16)18(20,21)22/h3-9H,1-2H3,(H,25,27). The van der Waals surface area contributed by atoms with Crippen LogP contribution in [0, 0.1) is 6.92 Å². The van der Waals surface area contributed by atoms with Crippen molar-refractivity contribution in [2.75, 3.05) is 12.4 Å². The van der Waals surface area contributed by atoms with Crippen molar-refractivity contribution >= 4 is 23.2 Å². The Kier molecular flexibility index (Phi) is 5.28. The molecule has 0 atom stereocenters. The van der Waals surface area contributed by atoms with Crippen LogP contribution in [0.25, 0.3) is 5.82 Å². The van der Waals surface area contributed by atoms with Gasteiger partial charge in [0.25, 0.3) is 5.91 Å². The second-order valence-corrected chi connectivity index (χ2v) is 6.19. The number of ether oxygens (including phenoxy) is 1. The number of nitrogens with zero attached hydrogens (tertiary/aromatic N) is 3. The molecule has 0 aliphatic rings. The van der Waals surface area contributed by atoms with Crippen molar-refractivity contribution in [3.8, 4) is 11.6 Å². The van der Waals surface area contributed by atoms with Gasteiger partial charge in [-0.1, -0.05) is 11.6 Å². The van der Waals surface area contributed by atoms with Gasteiger partial charge in [0.2, 0.25) is 0 Å². The molecule has 28 heavy (non-hydrogen) atoms. The number of carbonyl (C=O) groups is 1. The summed E-state index contributed by atoms with van der Waals surface area (Å²) in [5.74, 6) is 0.105. The molecule has 10 heteroatoms. The van der Waals surface area contributed by atoms with Gasteiger partial charge in [-0.2, -0.15) is 18.3 Å². The number of amides is 1. The van der Waals surface area contributed by atoms with E-state index >= 15 is 0 Å². The fourth-order valence-electron chi connectivity index (χ4n) is 2.51. The minimum absolute atomic E-state index is 0.157. The first kappa shape index (κ1) is 19.7. The molecular weight excluding hydrogens is 397 g/mol. The first-order valence-corrected chi connectivity index (χ1v) is 8.31. The van der Waals surface area contributed by atoms with Gasteiger partial charge in [-0.25, -0.2) is 9.67 Å². The van der Waals surface area contributed by atoms with Gasteiger partial charge in [-0.15, -0.1) is 0 Å². The Morgan fingerprint density at radius 2 is 1.96 bits per heavy atom. The van der Waals surface area contributed by atoms with Gasteiger partial charge in [0.15, 0.2) is 5.82 Å². The van der Waals surface area contributed by atoms with Crippen LogP contribution in [0.2, 0.25) is 5.02 Å². The van der Waals surface area contributed by atoms with E-state index in [1.165, 1.54) is 30.1 Å². The molecule has 0 fully saturated rings. The zero-order valence-corrected chi connectivity index (χ0v) is 15.5. The van der Waals surface area contributed by atoms with Gasteiger partial charge >= 0.3 is 6.18 Å². The lowest BCUT2D eigenvalue weighted by Crippen LogP contribution is -2.14. The molecule has 1 aromatic carbocycles. The van der Waals surface area contributed by atoms with Crippen molar-refractivity contribution in [1.82, 2.24) is 14.8 Å². The van der Waals surface area contributed by atoms with Crippen LogP contribution in [-0.2, 0) is 6.18 Å². The van der Waals surface area contributed by atoms with Crippen molar-refractivity contribution < 1.29 is 22.7 Å². The molecule has 1 amide bonds. The number of hydrogen-bond acceptors (Lipinski definition) is 4. The molecule has 2 heterocycles. The summed E-state index contributed by atoms with van der Waals surface area (Å²) in [5.41, 5.74) is 0.140. The molecule has 0 aliphatic heterocycles. The van der Waals surface area contributed by atoms with E-state index in [-0.39, 0.29) is 11.4 Å². The Hall–Kier alpha value is -3.07. The molecule has 146 valence electrons. The van der Waals surface area contributed by atoms with Gasteiger partial charge in [0.05, 0.1) is 35.8 Å². The van der Waals surface area contributed by atoms with E-state index < -0.39 is 17.6 Å². The Morgan fingerprint density at radius 3 is 2.57 bits per heavy atom. The summed E-state index contributed by atoms with van der Waals surface area (Å²) in [6.45, 7) is 1.61. The first-order valence-electron chi connectivity index (χ1n) is 7.94. The Morgan fingerprint density at radius 1 is 1.21 bits per heavy atom. The zero-order chi connectivity index (χ0) is 20.5. The van der Waals surface area contributed by atoms with E-state index in [2.05, 4.69) is 15.4 Å². The minimum atomic E-state index is -4.48. The lowest BCUT2D eigenvalue weighted by atomic mass is 10.2. The number of methoxy groups -OCH3 is 1. The molecule has 0 saturated carbocycles. The summed E-state index contributed by atoms with van der Waals surface area (Å²) in [6.07, 6.45) is -2.46. The van der Waals surface area contributed by atoms with E-state index in [1.54, 1.807) is 19.1 Å². The van der Waals surface area contributed by atoms with E-state index in [9.17, 15) is 18.0 Å². The van der Waals surface area contributed by atoms with Crippen LogP contribution in [0.3, 0.4) is 0 Å². The van der Waals surface area contributed by atoms with Crippen molar-refractivity contribution in [2.45, 2.75) is 13.1 Å². The fourth-order valence-corrected chi connectivity index (χ4v) is 2.68. The molecule has 2 aromatic heterocycles. The van der Waals surface area contributed by atoms with Crippen LogP contribution in [0.5, 0.6) is 5.75 Å². The number of benzene rings is 1. The molecular formula is C18H14ClF3N4O2. The number of alkyl halides is 3. The summed E-state index contributed by atoms with van der Waals surface area (Å²) in [6, 6.07) is 6.86. The van der Waals surface area contributed by atoms with E-state index in [1.807, 2.05) is 0 Å². The zero-order valence-electron chi connectivity index (χ0n) is 14.7. The van der Waals surface area contributed by atoms with E-state index in [0.29, 0.717) is 28.4 Å². The smallest absolute Gasteiger partial charge is 0.417 e. The van der Waals surface area contributed by atoms with Crippen LogP contribution < -0.4 is 10.1 Å². The predicted octanol–water partition coefficient (Wildman–Crippen LogP) is 4.51. The highest BCUT2D eigenvalue weighted by Gasteiger charge is 2.30. The van der Waals surface area contributed by atoms with Crippen molar-refractivity contribution in [3.05, 3.63) is 64.6 Å². The largest absolute Gasteiger partial charge is 0.495 e. The second-order valence-electron chi connectivity index (χ2n) is 5.76. The monoisotopic (exact) mass is 410 g/mol. The highest BCUT2D eigenvalue weighted by atomic mass is 35.5. The van der Waals surface area contributed by atoms with Crippen LogP contribution in [0.1, 0.15) is 21.6 Å². The van der Waals surface area contributed by atoms with Gasteiger partial charge in [-0.3, -0.25) is 4.79 Å². The summed E-state index contributed by atoms with van der Waals surface area (Å²) >= 11 is 5.95. The lowest BCUT2D eigenvalue weighted by molar-refractivity contribution is -0.137. The molecule has 0 radical (unpaired) electrons. The quantitative estimate of drug-likeness (QED) is 0.687. The van der Waals surface area contributed by atoms with Crippen LogP contribution in [0.15, 0.2) is 42.7 Å². The number of halogens is 4. The average Bonchev–Trinajstić information content (AvgIpc) is 3.03. The van der Waals surface area contributed by atoms with Crippen molar-refractivity contribution in [3.63, 3.8) is 0 Å². The average molecular weight is 411 g/mol. The molecule has 3 aromatic rings. The van der Waals surface area contributed by atoms with E-state index in [0.717, 1.165) is 6.07 Å². The third-order valence-electron chi connectivity index (χ3n) is 3.96. The number of rotatable bonds is 4. The number of aromatic nitrogens is 3. The Balaban J connectivity index is 1.87. The number of nitrogens with one attached hydrogen (secondary N) is 1. The molecule has 0 unspecified atom stereocenters. The topological polar surface area (TPSA) is 69.0 Å². The number of hydrogen-bond donors (Lipinski definition) is 1. The second kappa shape index (κ2) is 7.51. The maximum atomic E-state index is 12.7. The SMILES string of the molecule is COc1ccc(Cl)cc1NC(=O)c1cnn(-c2ccc(C(F)(F)F)cn2)c1C. The molecule has 6 nitrogen and oxygen atoms in total. The maximum absolute atomic E-state index is 12.7. The highest BCUT2D eigenvalue weighted by molar-refractivity contribution is 6.31. The number of pyridine rings is 1. The number of carbonyl (C=O) groups excluding carboxylic acids is 1. The molecule has 3 rings (SSSR count). The Labute approximate surface area is 162 Å².